The predicted molar refractivity (Wildman–Crippen MR) is 152 cm³/mol. The first kappa shape index (κ1) is 26.0. The summed E-state index contributed by atoms with van der Waals surface area (Å²) in [5.41, 5.74) is 3.52. The summed E-state index contributed by atoms with van der Waals surface area (Å²) in [5, 5.41) is 1.37. The van der Waals surface area contributed by atoms with E-state index >= 15 is 0 Å². The first-order valence-electron chi connectivity index (χ1n) is 14.3. The van der Waals surface area contributed by atoms with Gasteiger partial charge < -0.3 is 14.2 Å². The van der Waals surface area contributed by atoms with Gasteiger partial charge in [-0.25, -0.2) is 0 Å². The third kappa shape index (κ3) is 6.27. The van der Waals surface area contributed by atoms with Crippen molar-refractivity contribution in [1.82, 2.24) is 14.4 Å². The van der Waals surface area contributed by atoms with Crippen molar-refractivity contribution in [2.75, 3.05) is 26.7 Å². The lowest BCUT2D eigenvalue weighted by atomic mass is 10.0. The average Bonchev–Trinajstić information content (AvgIpc) is 3.49. The maximum Gasteiger partial charge on any atom is 0.163 e. The van der Waals surface area contributed by atoms with Gasteiger partial charge in [-0.1, -0.05) is 30.3 Å². The molecule has 0 spiro atoms. The van der Waals surface area contributed by atoms with Gasteiger partial charge in [-0.05, 0) is 89.7 Å². The van der Waals surface area contributed by atoms with Crippen molar-refractivity contribution in [2.24, 2.45) is 0 Å². The van der Waals surface area contributed by atoms with E-state index in [0.717, 1.165) is 56.6 Å². The standard InChI is InChI=1S/C32H43N3O2/c1-24(2)35-23-26(30-13-4-5-14-31(30)35)22-34-19-16-28(17-20-34)37-29-12-6-9-25(21-29)32(36)15-7-10-27-11-8-18-33(27)3/h4-6,9,12-14,21,23-24,27-28H,7-8,10-11,15-20,22H2,1-3H3. The fourth-order valence-electron chi connectivity index (χ4n) is 6.18. The summed E-state index contributed by atoms with van der Waals surface area (Å²) in [4.78, 5) is 17.8. The van der Waals surface area contributed by atoms with Crippen LogP contribution in [0.2, 0.25) is 0 Å². The largest absolute Gasteiger partial charge is 0.490 e. The summed E-state index contributed by atoms with van der Waals surface area (Å²) >= 11 is 0. The number of likely N-dealkylation sites (tertiary alicyclic amines) is 2. The predicted octanol–water partition coefficient (Wildman–Crippen LogP) is 6.71. The van der Waals surface area contributed by atoms with Crippen LogP contribution in [0.1, 0.15) is 80.8 Å². The molecule has 0 N–H and O–H groups in total. The highest BCUT2D eigenvalue weighted by Crippen LogP contribution is 2.28. The number of carbonyl (C=O) groups is 1. The molecule has 5 rings (SSSR count). The molecule has 0 amide bonds. The fraction of sp³-hybridized carbons (Fsp3) is 0.531. The van der Waals surface area contributed by atoms with E-state index in [9.17, 15) is 4.79 Å². The van der Waals surface area contributed by atoms with Gasteiger partial charge in [0.2, 0.25) is 0 Å². The summed E-state index contributed by atoms with van der Waals surface area (Å²) in [5.74, 6) is 1.07. The van der Waals surface area contributed by atoms with E-state index in [0.29, 0.717) is 18.5 Å². The summed E-state index contributed by atoms with van der Waals surface area (Å²) in [7, 11) is 2.20. The molecule has 0 saturated carbocycles. The Hall–Kier alpha value is -2.63. The number of para-hydroxylation sites is 1. The van der Waals surface area contributed by atoms with Gasteiger partial charge in [-0.15, -0.1) is 0 Å². The molecular weight excluding hydrogens is 458 g/mol. The minimum atomic E-state index is 0.205. The maximum atomic E-state index is 12.8. The number of carbonyl (C=O) groups excluding carboxylic acids is 1. The van der Waals surface area contributed by atoms with Crippen LogP contribution < -0.4 is 4.74 Å². The lowest BCUT2D eigenvalue weighted by Gasteiger charge is -2.32. The minimum Gasteiger partial charge on any atom is -0.490 e. The topological polar surface area (TPSA) is 37.7 Å². The minimum absolute atomic E-state index is 0.205. The summed E-state index contributed by atoms with van der Waals surface area (Å²) < 4.78 is 8.75. The van der Waals surface area contributed by atoms with Crippen LogP contribution in [0, 0.1) is 0 Å². The molecule has 3 heterocycles. The summed E-state index contributed by atoms with van der Waals surface area (Å²) in [6.45, 7) is 8.72. The second-order valence-electron chi connectivity index (χ2n) is 11.4. The molecule has 0 radical (unpaired) electrons. The molecule has 198 valence electrons. The highest BCUT2D eigenvalue weighted by Gasteiger charge is 2.23. The first-order valence-corrected chi connectivity index (χ1v) is 14.3. The number of fused-ring (bicyclic) bond motifs is 1. The molecule has 5 nitrogen and oxygen atoms in total. The number of ether oxygens (including phenoxy) is 1. The zero-order valence-corrected chi connectivity index (χ0v) is 22.9. The lowest BCUT2D eigenvalue weighted by molar-refractivity contribution is 0.0950. The number of hydrogen-bond donors (Lipinski definition) is 0. The molecule has 2 aromatic carbocycles. The van der Waals surface area contributed by atoms with Crippen molar-refractivity contribution < 1.29 is 9.53 Å². The quantitative estimate of drug-likeness (QED) is 0.289. The van der Waals surface area contributed by atoms with Crippen LogP contribution in [-0.4, -0.2) is 59.0 Å². The Bertz CT molecular complexity index is 1190. The Labute approximate surface area is 222 Å². The van der Waals surface area contributed by atoms with Crippen molar-refractivity contribution in [3.05, 3.63) is 65.9 Å². The Balaban J connectivity index is 1.11. The number of benzene rings is 2. The molecule has 0 bridgehead atoms. The van der Waals surface area contributed by atoms with Gasteiger partial charge in [-0.3, -0.25) is 9.69 Å². The Kier molecular flexibility index (Phi) is 8.31. The van der Waals surface area contributed by atoms with Crippen molar-refractivity contribution in [2.45, 2.75) is 83.5 Å². The van der Waals surface area contributed by atoms with Crippen LogP contribution in [-0.2, 0) is 6.54 Å². The molecule has 2 aliphatic heterocycles. The van der Waals surface area contributed by atoms with Crippen LogP contribution in [0.5, 0.6) is 5.75 Å². The molecule has 2 saturated heterocycles. The highest BCUT2D eigenvalue weighted by atomic mass is 16.5. The summed E-state index contributed by atoms with van der Waals surface area (Å²) in [6.07, 6.45) is 9.83. The van der Waals surface area contributed by atoms with Crippen molar-refractivity contribution >= 4 is 16.7 Å². The number of hydrogen-bond acceptors (Lipinski definition) is 4. The molecule has 0 aliphatic carbocycles. The van der Waals surface area contributed by atoms with Crippen LogP contribution in [0.25, 0.3) is 10.9 Å². The van der Waals surface area contributed by atoms with E-state index in [4.69, 9.17) is 4.74 Å². The molecule has 2 aliphatic rings. The Morgan fingerprint density at radius 1 is 1.03 bits per heavy atom. The van der Waals surface area contributed by atoms with Gasteiger partial charge in [-0.2, -0.15) is 0 Å². The Morgan fingerprint density at radius 3 is 2.59 bits per heavy atom. The first-order chi connectivity index (χ1) is 18.0. The fourth-order valence-corrected chi connectivity index (χ4v) is 6.18. The molecular formula is C32H43N3O2. The number of nitrogens with zero attached hydrogens (tertiary/aromatic N) is 3. The number of aromatic nitrogens is 1. The third-order valence-corrected chi connectivity index (χ3v) is 8.38. The number of piperidine rings is 1. The van der Waals surface area contributed by atoms with Crippen LogP contribution >= 0.6 is 0 Å². The van der Waals surface area contributed by atoms with Gasteiger partial charge in [0.1, 0.15) is 11.9 Å². The van der Waals surface area contributed by atoms with E-state index in [2.05, 4.69) is 65.7 Å². The molecule has 2 fully saturated rings. The van der Waals surface area contributed by atoms with Crippen LogP contribution in [0.3, 0.4) is 0 Å². The molecule has 1 aromatic heterocycles. The zero-order chi connectivity index (χ0) is 25.8. The second-order valence-corrected chi connectivity index (χ2v) is 11.4. The van der Waals surface area contributed by atoms with E-state index in [1.54, 1.807) is 0 Å². The maximum absolute atomic E-state index is 12.8. The van der Waals surface area contributed by atoms with E-state index < -0.39 is 0 Å². The van der Waals surface area contributed by atoms with E-state index in [1.165, 1.54) is 35.9 Å². The van der Waals surface area contributed by atoms with E-state index in [-0.39, 0.29) is 11.9 Å². The van der Waals surface area contributed by atoms with Crippen LogP contribution in [0.4, 0.5) is 0 Å². The normalized spacial score (nSPS) is 19.7. The molecule has 1 unspecified atom stereocenters. The SMILES string of the molecule is CC(C)n1cc(CN2CCC(Oc3cccc(C(=O)CCCC4CCCN4C)c3)CC2)c2ccccc21. The Morgan fingerprint density at radius 2 is 1.84 bits per heavy atom. The van der Waals surface area contributed by atoms with Crippen molar-refractivity contribution in [3.8, 4) is 5.75 Å². The third-order valence-electron chi connectivity index (χ3n) is 8.38. The van der Waals surface area contributed by atoms with Crippen molar-refractivity contribution in [3.63, 3.8) is 0 Å². The van der Waals surface area contributed by atoms with Gasteiger partial charge in [0.15, 0.2) is 5.78 Å². The lowest BCUT2D eigenvalue weighted by Crippen LogP contribution is -2.37. The number of rotatable bonds is 10. The number of Topliss-reactive ketones (excluding diaryl/α,β-unsaturated/α-hetero) is 1. The molecule has 1 atom stereocenters. The van der Waals surface area contributed by atoms with Crippen molar-refractivity contribution in [1.29, 1.82) is 0 Å². The monoisotopic (exact) mass is 501 g/mol. The van der Waals surface area contributed by atoms with E-state index in [1.807, 2.05) is 24.3 Å². The van der Waals surface area contributed by atoms with Gasteiger partial charge in [0, 0.05) is 60.8 Å². The number of ketones is 1. The summed E-state index contributed by atoms with van der Waals surface area (Å²) in [6, 6.07) is 17.7. The second kappa shape index (κ2) is 11.8. The smallest absolute Gasteiger partial charge is 0.163 e. The van der Waals surface area contributed by atoms with Gasteiger partial charge in [0.05, 0.1) is 0 Å². The average molecular weight is 502 g/mol. The van der Waals surface area contributed by atoms with Gasteiger partial charge in [0.25, 0.3) is 0 Å². The zero-order valence-electron chi connectivity index (χ0n) is 22.9. The molecule has 3 aromatic rings. The van der Waals surface area contributed by atoms with Gasteiger partial charge >= 0.3 is 0 Å². The highest BCUT2D eigenvalue weighted by molar-refractivity contribution is 5.96. The molecule has 5 heteroatoms. The van der Waals surface area contributed by atoms with Crippen LogP contribution in [0.15, 0.2) is 54.7 Å². The molecule has 37 heavy (non-hydrogen) atoms.